The lowest BCUT2D eigenvalue weighted by Gasteiger charge is -2.14. The number of hydrogen-bond acceptors (Lipinski definition) is 5. The maximum absolute atomic E-state index is 12.5. The molecule has 2 atom stereocenters. The van der Waals surface area contributed by atoms with Crippen LogP contribution in [0, 0.1) is 20.8 Å². The second-order valence-corrected chi connectivity index (χ2v) is 8.90. The van der Waals surface area contributed by atoms with Gasteiger partial charge in [0.25, 0.3) is 5.91 Å². The van der Waals surface area contributed by atoms with E-state index in [-0.39, 0.29) is 17.2 Å². The molecule has 1 amide bonds. The fourth-order valence-corrected chi connectivity index (χ4v) is 5.02. The Bertz CT molecular complexity index is 913. The Kier molecular flexibility index (Phi) is 4.42. The van der Waals surface area contributed by atoms with E-state index >= 15 is 0 Å². The zero-order valence-corrected chi connectivity index (χ0v) is 15.3. The van der Waals surface area contributed by atoms with E-state index in [0.29, 0.717) is 0 Å². The van der Waals surface area contributed by atoms with Crippen molar-refractivity contribution in [3.05, 3.63) is 46.8 Å². The monoisotopic (exact) mass is 362 g/mol. The van der Waals surface area contributed by atoms with Crippen LogP contribution in [0.15, 0.2) is 24.3 Å². The second-order valence-electron chi connectivity index (χ2n) is 6.75. The van der Waals surface area contributed by atoms with E-state index in [9.17, 15) is 13.2 Å². The Morgan fingerprint density at radius 2 is 1.80 bits per heavy atom. The molecule has 0 bridgehead atoms. The number of amides is 1. The predicted octanol–water partition coefficient (Wildman–Crippen LogP) is 0.652. The van der Waals surface area contributed by atoms with E-state index in [2.05, 4.69) is 16.5 Å². The van der Waals surface area contributed by atoms with Crippen LogP contribution in [0.4, 0.5) is 0 Å². The summed E-state index contributed by atoms with van der Waals surface area (Å²) >= 11 is 0. The molecule has 1 aliphatic heterocycles. The SMILES string of the molecule is Cc1cc(C)cc(-n2nc(C(=O)NC3CS(=O)(=O)CC3N)cc2C)c1. The van der Waals surface area contributed by atoms with E-state index in [0.717, 1.165) is 22.5 Å². The Labute approximate surface area is 147 Å². The van der Waals surface area contributed by atoms with Crippen molar-refractivity contribution in [2.75, 3.05) is 11.5 Å². The molecule has 134 valence electrons. The largest absolute Gasteiger partial charge is 0.345 e. The third-order valence-electron chi connectivity index (χ3n) is 4.28. The van der Waals surface area contributed by atoms with E-state index in [4.69, 9.17) is 5.73 Å². The number of carbonyl (C=O) groups excluding carboxylic acids is 1. The van der Waals surface area contributed by atoms with Gasteiger partial charge in [0.15, 0.2) is 15.5 Å². The summed E-state index contributed by atoms with van der Waals surface area (Å²) in [6.07, 6.45) is 0. The van der Waals surface area contributed by atoms with E-state index in [1.807, 2.05) is 32.9 Å². The van der Waals surface area contributed by atoms with Crippen molar-refractivity contribution in [1.82, 2.24) is 15.1 Å². The van der Waals surface area contributed by atoms with Gasteiger partial charge in [0, 0.05) is 11.7 Å². The average Bonchev–Trinajstić information content (AvgIpc) is 2.97. The highest BCUT2D eigenvalue weighted by molar-refractivity contribution is 7.91. The minimum Gasteiger partial charge on any atom is -0.345 e. The van der Waals surface area contributed by atoms with Gasteiger partial charge in [-0.3, -0.25) is 4.79 Å². The number of nitrogens with zero attached hydrogens (tertiary/aromatic N) is 2. The zero-order chi connectivity index (χ0) is 18.4. The van der Waals surface area contributed by atoms with E-state index in [1.54, 1.807) is 10.7 Å². The van der Waals surface area contributed by atoms with Crippen LogP contribution in [-0.4, -0.2) is 47.7 Å². The van der Waals surface area contributed by atoms with Gasteiger partial charge >= 0.3 is 0 Å². The first-order valence-electron chi connectivity index (χ1n) is 8.07. The molecule has 3 rings (SSSR count). The topological polar surface area (TPSA) is 107 Å². The summed E-state index contributed by atoms with van der Waals surface area (Å²) < 4.78 is 25.0. The second kappa shape index (κ2) is 6.27. The fourth-order valence-electron chi connectivity index (χ4n) is 3.19. The third kappa shape index (κ3) is 3.74. The number of aromatic nitrogens is 2. The zero-order valence-electron chi connectivity index (χ0n) is 14.5. The molecule has 0 radical (unpaired) electrons. The summed E-state index contributed by atoms with van der Waals surface area (Å²) in [4.78, 5) is 12.5. The molecule has 25 heavy (non-hydrogen) atoms. The molecular formula is C17H22N4O3S. The first-order chi connectivity index (χ1) is 11.6. The molecular weight excluding hydrogens is 340 g/mol. The van der Waals surface area contributed by atoms with Crippen LogP contribution >= 0.6 is 0 Å². The molecule has 1 aromatic carbocycles. The van der Waals surface area contributed by atoms with Crippen molar-refractivity contribution in [3.63, 3.8) is 0 Å². The van der Waals surface area contributed by atoms with Crippen LogP contribution in [0.3, 0.4) is 0 Å². The summed E-state index contributed by atoms with van der Waals surface area (Å²) in [7, 11) is -3.19. The smallest absolute Gasteiger partial charge is 0.272 e. The van der Waals surface area contributed by atoms with Crippen LogP contribution in [-0.2, 0) is 9.84 Å². The van der Waals surface area contributed by atoms with Gasteiger partial charge < -0.3 is 11.1 Å². The normalized spacial score (nSPS) is 22.1. The number of nitrogens with one attached hydrogen (secondary N) is 1. The average molecular weight is 362 g/mol. The highest BCUT2D eigenvalue weighted by atomic mass is 32.2. The summed E-state index contributed by atoms with van der Waals surface area (Å²) in [5, 5.41) is 7.08. The number of hydrogen-bond donors (Lipinski definition) is 2. The molecule has 8 heteroatoms. The van der Waals surface area contributed by atoms with Gasteiger partial charge in [0.2, 0.25) is 0 Å². The Morgan fingerprint density at radius 1 is 1.16 bits per heavy atom. The standard InChI is InChI=1S/C17H22N4O3S/c1-10-4-11(2)6-13(5-10)21-12(3)7-15(20-21)17(22)19-16-9-25(23,24)8-14(16)18/h4-7,14,16H,8-9,18H2,1-3H3,(H,19,22). The van der Waals surface area contributed by atoms with Crippen molar-refractivity contribution >= 4 is 15.7 Å². The van der Waals surface area contributed by atoms with Crippen molar-refractivity contribution in [1.29, 1.82) is 0 Å². The van der Waals surface area contributed by atoms with E-state index in [1.165, 1.54) is 0 Å². The Balaban J connectivity index is 1.83. The number of carbonyl (C=O) groups is 1. The quantitative estimate of drug-likeness (QED) is 0.834. The van der Waals surface area contributed by atoms with Gasteiger partial charge in [0.05, 0.1) is 23.2 Å². The van der Waals surface area contributed by atoms with Gasteiger partial charge in [-0.1, -0.05) is 6.07 Å². The summed E-state index contributed by atoms with van der Waals surface area (Å²) in [6.45, 7) is 5.88. The van der Waals surface area contributed by atoms with Crippen molar-refractivity contribution in [3.8, 4) is 5.69 Å². The molecule has 1 aromatic heterocycles. The maximum Gasteiger partial charge on any atom is 0.272 e. The number of nitrogens with two attached hydrogens (primary N) is 1. The van der Waals surface area contributed by atoms with Crippen LogP contribution < -0.4 is 11.1 Å². The van der Waals surface area contributed by atoms with Crippen LogP contribution in [0.25, 0.3) is 5.69 Å². The highest BCUT2D eigenvalue weighted by Crippen LogP contribution is 2.17. The molecule has 3 N–H and O–H groups in total. The van der Waals surface area contributed by atoms with Gasteiger partial charge in [-0.05, 0) is 50.1 Å². The molecule has 1 fully saturated rings. The summed E-state index contributed by atoms with van der Waals surface area (Å²) in [5.41, 5.74) is 9.98. The predicted molar refractivity (Wildman–Crippen MR) is 95.7 cm³/mol. The molecule has 0 saturated carbocycles. The lowest BCUT2D eigenvalue weighted by molar-refractivity contribution is 0.0932. The van der Waals surface area contributed by atoms with Crippen LogP contribution in [0.5, 0.6) is 0 Å². The number of aryl methyl sites for hydroxylation is 3. The molecule has 0 aliphatic carbocycles. The minimum absolute atomic E-state index is 0.103. The van der Waals surface area contributed by atoms with Crippen LogP contribution in [0.1, 0.15) is 27.3 Å². The summed E-state index contributed by atoms with van der Waals surface area (Å²) in [5.74, 6) is -0.645. The molecule has 1 aliphatic rings. The van der Waals surface area contributed by atoms with E-state index < -0.39 is 27.8 Å². The van der Waals surface area contributed by atoms with Crippen LogP contribution in [0.2, 0.25) is 0 Å². The number of sulfone groups is 1. The van der Waals surface area contributed by atoms with Crippen molar-refractivity contribution in [2.45, 2.75) is 32.9 Å². The van der Waals surface area contributed by atoms with Gasteiger partial charge in [-0.15, -0.1) is 0 Å². The van der Waals surface area contributed by atoms with Gasteiger partial charge in [0.1, 0.15) is 0 Å². The van der Waals surface area contributed by atoms with Gasteiger partial charge in [-0.2, -0.15) is 5.10 Å². The highest BCUT2D eigenvalue weighted by Gasteiger charge is 2.36. The third-order valence-corrected chi connectivity index (χ3v) is 6.04. The molecule has 1 saturated heterocycles. The lowest BCUT2D eigenvalue weighted by atomic mass is 10.1. The maximum atomic E-state index is 12.5. The first-order valence-corrected chi connectivity index (χ1v) is 9.89. The Morgan fingerprint density at radius 3 is 2.36 bits per heavy atom. The lowest BCUT2D eigenvalue weighted by Crippen LogP contribution is -2.46. The minimum atomic E-state index is -3.19. The van der Waals surface area contributed by atoms with Crippen molar-refractivity contribution < 1.29 is 13.2 Å². The Hall–Kier alpha value is -2.19. The van der Waals surface area contributed by atoms with Gasteiger partial charge in [-0.25, -0.2) is 13.1 Å². The molecule has 7 nitrogen and oxygen atoms in total. The molecule has 0 spiro atoms. The number of rotatable bonds is 3. The molecule has 2 heterocycles. The fraction of sp³-hybridized carbons (Fsp3) is 0.412. The summed E-state index contributed by atoms with van der Waals surface area (Å²) in [6, 6.07) is 6.57. The number of benzene rings is 1. The molecule has 2 aromatic rings. The van der Waals surface area contributed by atoms with Crippen molar-refractivity contribution in [2.24, 2.45) is 5.73 Å². The molecule has 2 unspecified atom stereocenters. The first kappa shape index (κ1) is 17.6.